The van der Waals surface area contributed by atoms with Crippen LogP contribution in [0.3, 0.4) is 0 Å². The molecule has 0 aromatic heterocycles. The van der Waals surface area contributed by atoms with E-state index in [1.165, 1.54) is 38.9 Å². The molecule has 2 heterocycles. The zero-order chi connectivity index (χ0) is 11.4. The minimum atomic E-state index is 0.657. The molecule has 2 aliphatic rings. The van der Waals surface area contributed by atoms with Crippen LogP contribution in [0.25, 0.3) is 0 Å². The van der Waals surface area contributed by atoms with E-state index >= 15 is 0 Å². The summed E-state index contributed by atoms with van der Waals surface area (Å²) in [4.78, 5) is 2.66. The number of nitrogens with one attached hydrogen (secondary N) is 1. The van der Waals surface area contributed by atoms with Crippen molar-refractivity contribution >= 4 is 0 Å². The maximum absolute atomic E-state index is 5.61. The average Bonchev–Trinajstić information content (AvgIpc) is 2.56. The first-order valence-corrected chi connectivity index (χ1v) is 6.82. The van der Waals surface area contributed by atoms with Crippen molar-refractivity contribution in [1.82, 2.24) is 10.2 Å². The average molecular weight is 226 g/mol. The van der Waals surface area contributed by atoms with Gasteiger partial charge in [0.05, 0.1) is 6.61 Å². The Hall–Kier alpha value is -0.120. The van der Waals surface area contributed by atoms with E-state index in [0.29, 0.717) is 12.1 Å². The summed E-state index contributed by atoms with van der Waals surface area (Å²) in [5, 5.41) is 3.67. The van der Waals surface area contributed by atoms with Crippen molar-refractivity contribution < 1.29 is 4.74 Å². The molecule has 94 valence electrons. The molecule has 2 fully saturated rings. The fourth-order valence-electron chi connectivity index (χ4n) is 2.77. The Morgan fingerprint density at radius 1 is 1.31 bits per heavy atom. The molecule has 2 atom stereocenters. The monoisotopic (exact) mass is 226 g/mol. The van der Waals surface area contributed by atoms with Crippen LogP contribution in [0.1, 0.15) is 33.1 Å². The predicted molar refractivity (Wildman–Crippen MR) is 66.7 cm³/mol. The predicted octanol–water partition coefficient (Wildman–Crippen LogP) is 1.49. The molecule has 2 rings (SSSR count). The number of rotatable bonds is 2. The van der Waals surface area contributed by atoms with E-state index in [4.69, 9.17) is 4.74 Å². The van der Waals surface area contributed by atoms with Crippen LogP contribution in [-0.2, 0) is 4.74 Å². The number of hydrogen-bond donors (Lipinski definition) is 1. The van der Waals surface area contributed by atoms with Gasteiger partial charge < -0.3 is 10.1 Å². The van der Waals surface area contributed by atoms with E-state index in [-0.39, 0.29) is 0 Å². The van der Waals surface area contributed by atoms with E-state index < -0.39 is 0 Å². The Kier molecular flexibility index (Phi) is 4.62. The van der Waals surface area contributed by atoms with Gasteiger partial charge in [0.25, 0.3) is 0 Å². The van der Waals surface area contributed by atoms with Gasteiger partial charge in [-0.05, 0) is 38.3 Å². The molecule has 0 aromatic carbocycles. The number of nitrogens with zero attached hydrogens (tertiary/aromatic N) is 1. The molecule has 0 saturated carbocycles. The summed E-state index contributed by atoms with van der Waals surface area (Å²) >= 11 is 0. The third-order valence-electron chi connectivity index (χ3n) is 3.92. The lowest BCUT2D eigenvalue weighted by Crippen LogP contribution is -2.47. The highest BCUT2D eigenvalue weighted by atomic mass is 16.5. The molecule has 2 aliphatic heterocycles. The second kappa shape index (κ2) is 5.99. The molecule has 2 saturated heterocycles. The lowest BCUT2D eigenvalue weighted by atomic mass is 10.0. The first kappa shape index (κ1) is 12.3. The van der Waals surface area contributed by atoms with Gasteiger partial charge >= 0.3 is 0 Å². The standard InChI is InChI=1S/C13H26N2O/c1-11(2)13-9-15(7-4-6-14-13)12-5-3-8-16-10-12/h11-14H,3-10H2,1-2H3. The van der Waals surface area contributed by atoms with Crippen LogP contribution in [-0.4, -0.2) is 49.8 Å². The normalized spacial score (nSPS) is 33.9. The SMILES string of the molecule is CC(C)C1CN(C2CCCOC2)CCCN1. The maximum Gasteiger partial charge on any atom is 0.0621 e. The second-order valence-corrected chi connectivity index (χ2v) is 5.52. The highest BCUT2D eigenvalue weighted by Crippen LogP contribution is 2.17. The van der Waals surface area contributed by atoms with Crippen LogP contribution in [0.2, 0.25) is 0 Å². The number of hydrogen-bond acceptors (Lipinski definition) is 3. The molecule has 0 aromatic rings. The summed E-state index contributed by atoms with van der Waals surface area (Å²) in [5.41, 5.74) is 0. The van der Waals surface area contributed by atoms with Crippen LogP contribution in [0.15, 0.2) is 0 Å². The molecule has 1 N–H and O–H groups in total. The lowest BCUT2D eigenvalue weighted by Gasteiger charge is -2.35. The Labute approximate surface area is 99.5 Å². The Balaban J connectivity index is 1.91. The fraction of sp³-hybridized carbons (Fsp3) is 1.00. The number of ether oxygens (including phenoxy) is 1. The van der Waals surface area contributed by atoms with E-state index in [1.807, 2.05) is 0 Å². The molecule has 0 amide bonds. The van der Waals surface area contributed by atoms with Crippen LogP contribution in [0, 0.1) is 5.92 Å². The van der Waals surface area contributed by atoms with E-state index in [1.54, 1.807) is 0 Å². The summed E-state index contributed by atoms with van der Waals surface area (Å²) in [5.74, 6) is 0.727. The third kappa shape index (κ3) is 3.19. The first-order chi connectivity index (χ1) is 7.77. The second-order valence-electron chi connectivity index (χ2n) is 5.52. The van der Waals surface area contributed by atoms with Gasteiger partial charge in [-0.15, -0.1) is 0 Å². The third-order valence-corrected chi connectivity index (χ3v) is 3.92. The molecule has 0 spiro atoms. The minimum Gasteiger partial charge on any atom is -0.380 e. The van der Waals surface area contributed by atoms with Crippen LogP contribution >= 0.6 is 0 Å². The molecule has 3 nitrogen and oxygen atoms in total. The summed E-state index contributed by atoms with van der Waals surface area (Å²) in [7, 11) is 0. The minimum absolute atomic E-state index is 0.657. The summed E-state index contributed by atoms with van der Waals surface area (Å²) in [6, 6.07) is 1.33. The fourth-order valence-corrected chi connectivity index (χ4v) is 2.77. The topological polar surface area (TPSA) is 24.5 Å². The van der Waals surface area contributed by atoms with Crippen molar-refractivity contribution in [3.05, 3.63) is 0 Å². The molecule has 0 bridgehead atoms. The van der Waals surface area contributed by atoms with Crippen molar-refractivity contribution in [3.63, 3.8) is 0 Å². The van der Waals surface area contributed by atoms with Gasteiger partial charge in [0.2, 0.25) is 0 Å². The molecule has 0 aliphatic carbocycles. The van der Waals surface area contributed by atoms with Crippen LogP contribution < -0.4 is 5.32 Å². The van der Waals surface area contributed by atoms with Gasteiger partial charge in [0, 0.05) is 25.2 Å². The maximum atomic E-state index is 5.61. The van der Waals surface area contributed by atoms with Crippen LogP contribution in [0.4, 0.5) is 0 Å². The zero-order valence-corrected chi connectivity index (χ0v) is 10.7. The Morgan fingerprint density at radius 3 is 2.88 bits per heavy atom. The van der Waals surface area contributed by atoms with Gasteiger partial charge in [-0.1, -0.05) is 13.8 Å². The smallest absolute Gasteiger partial charge is 0.0621 e. The van der Waals surface area contributed by atoms with Gasteiger partial charge in [-0.25, -0.2) is 0 Å². The molecule has 3 heteroatoms. The molecular formula is C13H26N2O. The van der Waals surface area contributed by atoms with Crippen molar-refractivity contribution in [2.24, 2.45) is 5.92 Å². The summed E-state index contributed by atoms with van der Waals surface area (Å²) in [6.45, 7) is 10.2. The van der Waals surface area contributed by atoms with E-state index in [2.05, 4.69) is 24.1 Å². The molecule has 16 heavy (non-hydrogen) atoms. The van der Waals surface area contributed by atoms with Crippen LogP contribution in [0.5, 0.6) is 0 Å². The van der Waals surface area contributed by atoms with Crippen molar-refractivity contribution in [1.29, 1.82) is 0 Å². The highest BCUT2D eigenvalue weighted by Gasteiger charge is 2.26. The zero-order valence-electron chi connectivity index (χ0n) is 10.7. The summed E-state index contributed by atoms with van der Waals surface area (Å²) < 4.78 is 5.61. The van der Waals surface area contributed by atoms with Gasteiger partial charge in [0.1, 0.15) is 0 Å². The lowest BCUT2D eigenvalue weighted by molar-refractivity contribution is 0.0158. The van der Waals surface area contributed by atoms with Crippen molar-refractivity contribution in [2.45, 2.75) is 45.2 Å². The molecular weight excluding hydrogens is 200 g/mol. The van der Waals surface area contributed by atoms with E-state index in [0.717, 1.165) is 19.1 Å². The van der Waals surface area contributed by atoms with E-state index in [9.17, 15) is 0 Å². The molecule has 2 unspecified atom stereocenters. The van der Waals surface area contributed by atoms with Gasteiger partial charge in [-0.2, -0.15) is 0 Å². The van der Waals surface area contributed by atoms with Gasteiger partial charge in [0.15, 0.2) is 0 Å². The van der Waals surface area contributed by atoms with Gasteiger partial charge in [-0.3, -0.25) is 4.90 Å². The Bertz CT molecular complexity index is 202. The van der Waals surface area contributed by atoms with Crippen molar-refractivity contribution in [2.75, 3.05) is 32.8 Å². The highest BCUT2D eigenvalue weighted by molar-refractivity contribution is 4.83. The quantitative estimate of drug-likeness (QED) is 0.772. The Morgan fingerprint density at radius 2 is 2.19 bits per heavy atom. The summed E-state index contributed by atoms with van der Waals surface area (Å²) in [6.07, 6.45) is 3.84. The van der Waals surface area contributed by atoms with Crippen molar-refractivity contribution in [3.8, 4) is 0 Å². The first-order valence-electron chi connectivity index (χ1n) is 6.82. The molecule has 0 radical (unpaired) electrons. The largest absolute Gasteiger partial charge is 0.380 e.